The summed E-state index contributed by atoms with van der Waals surface area (Å²) in [6.45, 7) is 5.22. The van der Waals surface area contributed by atoms with E-state index in [1.54, 1.807) is 36.4 Å². The summed E-state index contributed by atoms with van der Waals surface area (Å²) in [7, 11) is 0. The van der Waals surface area contributed by atoms with Crippen LogP contribution < -0.4 is 9.47 Å². The fourth-order valence-corrected chi connectivity index (χ4v) is 5.27. The molecule has 0 aromatic heterocycles. The van der Waals surface area contributed by atoms with Crippen LogP contribution in [0.3, 0.4) is 0 Å². The number of aliphatic carboxylic acids is 1. The highest BCUT2D eigenvalue weighted by molar-refractivity contribution is 8.26. The van der Waals surface area contributed by atoms with E-state index in [-0.39, 0.29) is 4.32 Å². The molecule has 8 heteroatoms. The average molecular weight is 528 g/mol. The largest absolute Gasteiger partial charge is 0.490 e. The highest BCUT2D eigenvalue weighted by Crippen LogP contribution is 2.39. The van der Waals surface area contributed by atoms with E-state index in [1.807, 2.05) is 25.1 Å². The van der Waals surface area contributed by atoms with Gasteiger partial charge in [-0.1, -0.05) is 99.4 Å². The third-order valence-corrected chi connectivity index (χ3v) is 7.08. The van der Waals surface area contributed by atoms with Crippen molar-refractivity contribution >= 4 is 46.3 Å². The summed E-state index contributed by atoms with van der Waals surface area (Å²) in [5.74, 6) is -0.280. The molecule has 1 amide bonds. The Hall–Kier alpha value is -2.84. The van der Waals surface area contributed by atoms with Crippen LogP contribution in [0, 0.1) is 0 Å². The zero-order chi connectivity index (χ0) is 25.9. The van der Waals surface area contributed by atoms with Crippen LogP contribution in [0.15, 0.2) is 53.4 Å². The number of ether oxygens (including phenoxy) is 2. The Labute approximate surface area is 222 Å². The van der Waals surface area contributed by atoms with Crippen molar-refractivity contribution in [1.29, 1.82) is 0 Å². The van der Waals surface area contributed by atoms with Crippen molar-refractivity contribution in [1.82, 2.24) is 4.90 Å². The molecular weight excluding hydrogens is 494 g/mol. The first-order chi connectivity index (χ1) is 17.5. The number of hydrogen-bond acceptors (Lipinski definition) is 6. The van der Waals surface area contributed by atoms with Crippen molar-refractivity contribution in [2.75, 3.05) is 13.2 Å². The van der Waals surface area contributed by atoms with Gasteiger partial charge in [0.25, 0.3) is 5.91 Å². The van der Waals surface area contributed by atoms with Gasteiger partial charge in [-0.3, -0.25) is 9.69 Å². The van der Waals surface area contributed by atoms with Crippen molar-refractivity contribution in [3.05, 3.63) is 64.6 Å². The van der Waals surface area contributed by atoms with Crippen LogP contribution in [-0.2, 0) is 9.59 Å². The molecule has 1 saturated heterocycles. The van der Waals surface area contributed by atoms with Crippen molar-refractivity contribution < 1.29 is 24.2 Å². The van der Waals surface area contributed by atoms with Crippen LogP contribution in [0.5, 0.6) is 11.5 Å². The number of carbonyl (C=O) groups is 2. The van der Waals surface area contributed by atoms with E-state index >= 15 is 0 Å². The molecule has 192 valence electrons. The van der Waals surface area contributed by atoms with Crippen LogP contribution in [0.25, 0.3) is 6.08 Å². The number of thioether (sulfide) groups is 1. The van der Waals surface area contributed by atoms with Gasteiger partial charge in [0, 0.05) is 0 Å². The fraction of sp³-hybridized carbons (Fsp3) is 0.393. The molecule has 0 radical (unpaired) electrons. The lowest BCUT2D eigenvalue weighted by atomic mass is 10.1. The van der Waals surface area contributed by atoms with Crippen molar-refractivity contribution in [2.24, 2.45) is 0 Å². The minimum atomic E-state index is -1.18. The van der Waals surface area contributed by atoms with Gasteiger partial charge in [0.05, 0.1) is 18.1 Å². The topological polar surface area (TPSA) is 76.1 Å². The second kappa shape index (κ2) is 14.0. The molecule has 2 aromatic carbocycles. The molecule has 0 unspecified atom stereocenters. The van der Waals surface area contributed by atoms with Crippen LogP contribution in [0.4, 0.5) is 0 Å². The predicted octanol–water partition coefficient (Wildman–Crippen LogP) is 6.85. The number of carboxylic acid groups (broad SMARTS) is 1. The Bertz CT molecular complexity index is 1090. The highest BCUT2D eigenvalue weighted by Gasteiger charge is 2.41. The number of benzene rings is 2. The molecule has 36 heavy (non-hydrogen) atoms. The summed E-state index contributed by atoms with van der Waals surface area (Å²) in [6, 6.07) is 13.0. The molecule has 0 spiro atoms. The standard InChI is InChI=1S/C28H33NO5S2/c1-3-5-6-7-8-12-17-34-22-16-15-20(18-23(22)33-4-2)19-24-26(30)29(28(35)36-24)25(27(31)32)21-13-10-9-11-14-21/h9-11,13-16,18-19,25H,3-8,12,17H2,1-2H3,(H,31,32)/b24-19+/t25-/m0/s1. The van der Waals surface area contributed by atoms with Gasteiger partial charge in [-0.05, 0) is 42.7 Å². The molecule has 6 nitrogen and oxygen atoms in total. The summed E-state index contributed by atoms with van der Waals surface area (Å²) in [4.78, 5) is 26.8. The van der Waals surface area contributed by atoms with Gasteiger partial charge in [-0.25, -0.2) is 4.79 Å². The number of unbranched alkanes of at least 4 members (excludes halogenated alkanes) is 5. The molecule has 1 fully saturated rings. The number of thiocarbonyl (C=S) groups is 1. The highest BCUT2D eigenvalue weighted by atomic mass is 32.2. The Balaban J connectivity index is 1.73. The Kier molecular flexibility index (Phi) is 10.8. The molecule has 0 saturated carbocycles. The number of carboxylic acids is 1. The second-order valence-corrected chi connectivity index (χ2v) is 10.1. The first-order valence-electron chi connectivity index (χ1n) is 12.4. The molecule has 1 aliphatic rings. The zero-order valence-corrected chi connectivity index (χ0v) is 22.4. The van der Waals surface area contributed by atoms with Crippen molar-refractivity contribution in [2.45, 2.75) is 58.4 Å². The van der Waals surface area contributed by atoms with Crippen LogP contribution in [0.1, 0.15) is 69.5 Å². The monoisotopic (exact) mass is 527 g/mol. The maximum Gasteiger partial charge on any atom is 0.331 e. The molecule has 1 N–H and O–H groups in total. The molecule has 0 aliphatic carbocycles. The maximum atomic E-state index is 13.2. The van der Waals surface area contributed by atoms with Crippen molar-refractivity contribution in [3.8, 4) is 11.5 Å². The lowest BCUT2D eigenvalue weighted by Crippen LogP contribution is -2.37. The molecule has 1 aliphatic heterocycles. The average Bonchev–Trinajstić information content (AvgIpc) is 3.13. The molecule has 2 aromatic rings. The number of amides is 1. The Morgan fingerprint density at radius 2 is 1.75 bits per heavy atom. The van der Waals surface area contributed by atoms with E-state index < -0.39 is 17.9 Å². The normalized spacial score (nSPS) is 15.4. The van der Waals surface area contributed by atoms with Gasteiger partial charge >= 0.3 is 5.97 Å². The van der Waals surface area contributed by atoms with Crippen molar-refractivity contribution in [3.63, 3.8) is 0 Å². The number of nitrogens with zero attached hydrogens (tertiary/aromatic N) is 1. The van der Waals surface area contributed by atoms with Crippen LogP contribution >= 0.6 is 24.0 Å². The van der Waals surface area contributed by atoms with E-state index in [4.69, 9.17) is 21.7 Å². The van der Waals surface area contributed by atoms with Gasteiger partial charge in [-0.2, -0.15) is 0 Å². The lowest BCUT2D eigenvalue weighted by Gasteiger charge is -2.23. The first-order valence-corrected chi connectivity index (χ1v) is 13.6. The molecule has 0 bridgehead atoms. The van der Waals surface area contributed by atoms with E-state index in [2.05, 4.69) is 6.92 Å². The van der Waals surface area contributed by atoms with E-state index in [0.29, 0.717) is 35.2 Å². The lowest BCUT2D eigenvalue weighted by molar-refractivity contribution is -0.145. The first kappa shape index (κ1) is 27.7. The molecule has 1 heterocycles. The van der Waals surface area contributed by atoms with Crippen LogP contribution in [0.2, 0.25) is 0 Å². The van der Waals surface area contributed by atoms with Crippen LogP contribution in [-0.4, -0.2) is 39.4 Å². The third-order valence-electron chi connectivity index (χ3n) is 5.75. The quantitative estimate of drug-likeness (QED) is 0.164. The third kappa shape index (κ3) is 7.34. The smallest absolute Gasteiger partial charge is 0.331 e. The SMILES string of the molecule is CCCCCCCCOc1ccc(/C=C2/SC(=S)N([C@H](C(=O)O)c3ccccc3)C2=O)cc1OCC. The van der Waals surface area contributed by atoms with Gasteiger partial charge in [0.2, 0.25) is 0 Å². The van der Waals surface area contributed by atoms with Gasteiger partial charge in [0.15, 0.2) is 17.5 Å². The van der Waals surface area contributed by atoms with E-state index in [1.165, 1.54) is 30.6 Å². The second-order valence-electron chi connectivity index (χ2n) is 8.46. The summed E-state index contributed by atoms with van der Waals surface area (Å²) in [5.41, 5.74) is 1.24. The zero-order valence-electron chi connectivity index (χ0n) is 20.8. The summed E-state index contributed by atoms with van der Waals surface area (Å²) < 4.78 is 12.0. The summed E-state index contributed by atoms with van der Waals surface area (Å²) in [6.07, 6.45) is 8.84. The predicted molar refractivity (Wildman–Crippen MR) is 148 cm³/mol. The minimum Gasteiger partial charge on any atom is -0.490 e. The van der Waals surface area contributed by atoms with Gasteiger partial charge < -0.3 is 14.6 Å². The fourth-order valence-electron chi connectivity index (χ4n) is 3.96. The number of hydrogen-bond donors (Lipinski definition) is 1. The minimum absolute atomic E-state index is 0.214. The summed E-state index contributed by atoms with van der Waals surface area (Å²) >= 11 is 6.51. The van der Waals surface area contributed by atoms with Gasteiger partial charge in [0.1, 0.15) is 4.32 Å². The molecule has 3 rings (SSSR count). The molecule has 1 atom stereocenters. The summed E-state index contributed by atoms with van der Waals surface area (Å²) in [5, 5.41) is 9.85. The van der Waals surface area contributed by atoms with Gasteiger partial charge in [-0.15, -0.1) is 0 Å². The molecular formula is C28H33NO5S2. The maximum absolute atomic E-state index is 13.2. The Morgan fingerprint density at radius 3 is 2.44 bits per heavy atom. The number of rotatable bonds is 14. The number of carbonyl (C=O) groups excluding carboxylic acids is 1. The van der Waals surface area contributed by atoms with E-state index in [0.717, 1.165) is 30.2 Å². The van der Waals surface area contributed by atoms with E-state index in [9.17, 15) is 14.7 Å². The Morgan fingerprint density at radius 1 is 1.03 bits per heavy atom.